The summed E-state index contributed by atoms with van der Waals surface area (Å²) >= 11 is 2.18. The molecule has 2 aromatic heterocycles. The molecule has 79 heavy (non-hydrogen) atoms. The van der Waals surface area contributed by atoms with Gasteiger partial charge in [-0.3, -0.25) is 48.3 Å². The number of thioether (sulfide) groups is 2. The van der Waals surface area contributed by atoms with Gasteiger partial charge in [0, 0.05) is 33.9 Å². The van der Waals surface area contributed by atoms with Crippen molar-refractivity contribution in [2.24, 2.45) is 11.8 Å². The second kappa shape index (κ2) is 26.9. The second-order valence-electron chi connectivity index (χ2n) is 19.6. The van der Waals surface area contributed by atoms with Crippen LogP contribution in [0.15, 0.2) is 60.9 Å². The molecule has 4 heterocycles. The highest BCUT2D eigenvalue weighted by molar-refractivity contribution is 8.16. The molecule has 8 amide bonds. The SMILES string of the molecule is CCC(C)C1C(=O)OCC(NC(=O)c2cnc3ccccc3n2)C(=O)NC(C)C(=O)N(C)C2C(=O)N(C)C(C(C)CC)C(=O)OCC(NC(=O)c3cnc4ccccc4n3)C(=O)NC(C)C(=O)N(C)C(CSC2SC)C(=O)N1C. The first-order valence-corrected chi connectivity index (χ1v) is 28.1. The van der Waals surface area contributed by atoms with Crippen LogP contribution in [0.3, 0.4) is 0 Å². The first-order valence-electron chi connectivity index (χ1n) is 25.7. The molecule has 0 aliphatic carbocycles. The lowest BCUT2D eigenvalue weighted by Crippen LogP contribution is -2.61. The van der Waals surface area contributed by atoms with Crippen molar-refractivity contribution in [2.75, 3.05) is 53.4 Å². The fourth-order valence-corrected chi connectivity index (χ4v) is 11.7. The largest absolute Gasteiger partial charge is 0.461 e. The number of amides is 8. The van der Waals surface area contributed by atoms with E-state index in [-0.39, 0.29) is 17.1 Å². The number of nitrogens with one attached hydrogen (secondary N) is 4. The lowest BCUT2D eigenvalue weighted by atomic mass is 9.97. The number of rotatable bonds is 9. The number of nitrogens with zero attached hydrogens (tertiary/aromatic N) is 8. The van der Waals surface area contributed by atoms with Crippen molar-refractivity contribution in [1.82, 2.24) is 60.8 Å². The predicted molar refractivity (Wildman–Crippen MR) is 294 cm³/mol. The predicted octanol–water partition coefficient (Wildman–Crippen LogP) is 1.42. The monoisotopic (exact) mass is 1130 g/mol. The summed E-state index contributed by atoms with van der Waals surface area (Å²) in [4.78, 5) is 167. The van der Waals surface area contributed by atoms with Crippen LogP contribution in [0.1, 0.15) is 75.4 Å². The number of carbonyl (C=O) groups excluding carboxylic acids is 10. The van der Waals surface area contributed by atoms with Crippen molar-refractivity contribution in [1.29, 1.82) is 0 Å². The molecule has 4 aromatic rings. The molecular weight excluding hydrogens is 1060 g/mol. The van der Waals surface area contributed by atoms with Gasteiger partial charge in [-0.15, -0.1) is 23.5 Å². The number of ether oxygens (including phenoxy) is 2. The number of hydrogen-bond acceptors (Lipinski definition) is 18. The van der Waals surface area contributed by atoms with Crippen molar-refractivity contribution in [3.8, 4) is 0 Å². The number of hydrogen-bond donors (Lipinski definition) is 4. The standard InChI is InChI=1S/C53H68N12O12S2/c1-12-27(3)40-51(74)76-24-38(61-44(67)36-23-55-32-19-15-17-21-34(32)59-36)46(69)57-30(6)48(71)65(10)42-50(73)64(9)41(28(4)13-2)52(75)77-25-37(60-43(66)35-22-54-31-18-14-16-20-33(31)58-35)45(68)56-29(5)47(70)62(7)39(49(72)63(40)8)26-79-53(42)78-11/h14-23,27-30,37-42,53H,12-13,24-26H2,1-11H3,(H,56,68)(H,57,69)(H,60,66)(H,61,67). The molecule has 2 aliphatic heterocycles. The summed E-state index contributed by atoms with van der Waals surface area (Å²) in [5.41, 5.74) is 1.40. The molecule has 24 nitrogen and oxygen atoms in total. The molecule has 0 spiro atoms. The van der Waals surface area contributed by atoms with Crippen molar-refractivity contribution < 1.29 is 57.4 Å². The summed E-state index contributed by atoms with van der Waals surface area (Å²) in [5, 5.41) is 10.3. The van der Waals surface area contributed by atoms with Crippen LogP contribution < -0.4 is 21.3 Å². The third-order valence-electron chi connectivity index (χ3n) is 14.3. The van der Waals surface area contributed by atoms with E-state index in [4.69, 9.17) is 9.47 Å². The van der Waals surface area contributed by atoms with Gasteiger partial charge in [-0.2, -0.15) is 0 Å². The van der Waals surface area contributed by atoms with E-state index in [2.05, 4.69) is 41.2 Å². The van der Waals surface area contributed by atoms with Crippen LogP contribution in [0.5, 0.6) is 0 Å². The van der Waals surface area contributed by atoms with Crippen molar-refractivity contribution in [3.63, 3.8) is 0 Å². The van der Waals surface area contributed by atoms with E-state index >= 15 is 9.59 Å². The minimum Gasteiger partial charge on any atom is -0.461 e. The summed E-state index contributed by atoms with van der Waals surface area (Å²) in [6.45, 7) is 8.11. The zero-order chi connectivity index (χ0) is 58.0. The van der Waals surface area contributed by atoms with E-state index in [1.807, 2.05) is 0 Å². The smallest absolute Gasteiger partial charge is 0.329 e. The van der Waals surface area contributed by atoms with Gasteiger partial charge in [0.1, 0.15) is 72.9 Å². The van der Waals surface area contributed by atoms with Gasteiger partial charge >= 0.3 is 11.9 Å². The minimum atomic E-state index is -1.66. The number of para-hydroxylation sites is 4. The first-order chi connectivity index (χ1) is 37.5. The molecule has 424 valence electrons. The van der Waals surface area contributed by atoms with E-state index < -0.39 is 137 Å². The van der Waals surface area contributed by atoms with Crippen LogP contribution in [0.4, 0.5) is 0 Å². The molecule has 0 saturated carbocycles. The number of aromatic nitrogens is 4. The normalized spacial score (nSPS) is 25.7. The van der Waals surface area contributed by atoms with Crippen molar-refractivity contribution in [3.05, 3.63) is 72.3 Å². The summed E-state index contributed by atoms with van der Waals surface area (Å²) in [7, 11) is 5.39. The lowest BCUT2D eigenvalue weighted by Gasteiger charge is -2.40. The van der Waals surface area contributed by atoms with Gasteiger partial charge in [-0.1, -0.05) is 64.8 Å². The summed E-state index contributed by atoms with van der Waals surface area (Å²) < 4.78 is 10.7. The molecule has 4 N–H and O–H groups in total. The van der Waals surface area contributed by atoms with Gasteiger partial charge in [-0.05, 0) is 56.2 Å². The Labute approximate surface area is 466 Å². The maximum absolute atomic E-state index is 15.4. The summed E-state index contributed by atoms with van der Waals surface area (Å²) in [5.74, 6) is -10.2. The van der Waals surface area contributed by atoms with Crippen LogP contribution >= 0.6 is 23.5 Å². The molecule has 2 bridgehead atoms. The second-order valence-corrected chi connectivity index (χ2v) is 22.1. The van der Waals surface area contributed by atoms with Crippen LogP contribution in [-0.2, 0) is 47.8 Å². The Hall–Kier alpha value is -7.48. The van der Waals surface area contributed by atoms with Gasteiger partial charge in [-0.25, -0.2) is 19.6 Å². The molecule has 11 unspecified atom stereocenters. The average Bonchev–Trinajstić information content (AvgIpc) is 3.45. The fourth-order valence-electron chi connectivity index (χ4n) is 9.11. The molecule has 2 fully saturated rings. The molecular formula is C53H68N12O12S2. The summed E-state index contributed by atoms with van der Waals surface area (Å²) in [6, 6.07) is 1.85. The molecule has 2 aliphatic rings. The van der Waals surface area contributed by atoms with Crippen molar-refractivity contribution in [2.45, 2.75) is 107 Å². The molecule has 26 heteroatoms. The third kappa shape index (κ3) is 14.0. The quantitative estimate of drug-likeness (QED) is 0.172. The van der Waals surface area contributed by atoms with Gasteiger partial charge < -0.3 is 50.3 Å². The average molecular weight is 1130 g/mol. The Morgan fingerprint density at radius 3 is 1.46 bits per heavy atom. The fraction of sp³-hybridized carbons (Fsp3) is 0.509. The van der Waals surface area contributed by atoms with Crippen LogP contribution in [0.2, 0.25) is 0 Å². The van der Waals surface area contributed by atoms with E-state index in [0.29, 0.717) is 34.9 Å². The minimum absolute atomic E-state index is 0.178. The van der Waals surface area contributed by atoms with E-state index in [0.717, 1.165) is 43.1 Å². The molecule has 2 aromatic carbocycles. The zero-order valence-electron chi connectivity index (χ0n) is 46.0. The van der Waals surface area contributed by atoms with Crippen LogP contribution in [-0.4, -0.2) is 205 Å². The number of likely N-dealkylation sites (N-methyl/N-ethyl adjacent to an activating group) is 4. The van der Waals surface area contributed by atoms with Gasteiger partial charge in [0.05, 0.1) is 39.0 Å². The third-order valence-corrected chi connectivity index (χ3v) is 17.1. The Morgan fingerprint density at radius 1 is 0.633 bits per heavy atom. The zero-order valence-corrected chi connectivity index (χ0v) is 47.6. The van der Waals surface area contributed by atoms with E-state index in [9.17, 15) is 38.4 Å². The highest BCUT2D eigenvalue weighted by atomic mass is 32.2. The Balaban J connectivity index is 1.45. The van der Waals surface area contributed by atoms with Crippen LogP contribution in [0.25, 0.3) is 22.1 Å². The van der Waals surface area contributed by atoms with Gasteiger partial charge in [0.2, 0.25) is 35.4 Å². The molecule has 2 saturated heterocycles. The van der Waals surface area contributed by atoms with E-state index in [1.165, 1.54) is 54.4 Å². The Kier molecular flexibility index (Phi) is 20.7. The number of carbonyl (C=O) groups is 10. The van der Waals surface area contributed by atoms with Gasteiger partial charge in [0.25, 0.3) is 11.8 Å². The van der Waals surface area contributed by atoms with Crippen LogP contribution in [0, 0.1) is 11.8 Å². The number of fused-ring (bicyclic) bond motifs is 6. The number of benzene rings is 2. The molecule has 0 radical (unpaired) electrons. The number of cyclic esters (lactones) is 2. The molecule has 6 rings (SSSR count). The summed E-state index contributed by atoms with van der Waals surface area (Å²) in [6.07, 6.45) is 4.76. The molecule has 11 atom stereocenters. The topological polar surface area (TPSA) is 302 Å². The Bertz CT molecular complexity index is 2970. The lowest BCUT2D eigenvalue weighted by molar-refractivity contribution is -0.160. The first kappa shape index (κ1) is 60.7. The van der Waals surface area contributed by atoms with E-state index in [1.54, 1.807) is 82.5 Å². The van der Waals surface area contributed by atoms with Gasteiger partial charge in [0.15, 0.2) is 0 Å². The van der Waals surface area contributed by atoms with Crippen molar-refractivity contribution >= 4 is 105 Å². The highest BCUT2D eigenvalue weighted by Gasteiger charge is 2.46. The maximum atomic E-state index is 15.4. The Morgan fingerprint density at radius 2 is 1.04 bits per heavy atom. The maximum Gasteiger partial charge on any atom is 0.329 e. The number of esters is 2. The highest BCUT2D eigenvalue weighted by Crippen LogP contribution is 2.33.